The van der Waals surface area contributed by atoms with E-state index in [0.29, 0.717) is 43.7 Å². The van der Waals surface area contributed by atoms with E-state index in [9.17, 15) is 9.59 Å². The van der Waals surface area contributed by atoms with Crippen molar-refractivity contribution < 1.29 is 14.3 Å². The molecule has 3 N–H and O–H groups in total. The second-order valence-electron chi connectivity index (χ2n) is 7.19. The molecule has 0 saturated carbocycles. The van der Waals surface area contributed by atoms with Gasteiger partial charge in [-0.25, -0.2) is 0 Å². The molecule has 6 nitrogen and oxygen atoms in total. The summed E-state index contributed by atoms with van der Waals surface area (Å²) in [6.07, 6.45) is 1.45. The number of amides is 2. The molecule has 2 rings (SSSR count). The Morgan fingerprint density at radius 3 is 2.15 bits per heavy atom. The number of rotatable bonds is 6. The topological polar surface area (TPSA) is 84.7 Å². The van der Waals surface area contributed by atoms with Gasteiger partial charge in [-0.15, -0.1) is 0 Å². The van der Waals surface area contributed by atoms with Crippen molar-refractivity contribution >= 4 is 17.5 Å². The third kappa shape index (κ3) is 4.43. The first-order valence-electron chi connectivity index (χ1n) is 9.41. The van der Waals surface area contributed by atoms with Crippen LogP contribution in [0.1, 0.15) is 50.9 Å². The number of hydrogen-bond donors (Lipinski definition) is 2. The maximum absolute atomic E-state index is 12.7. The highest BCUT2D eigenvalue weighted by atomic mass is 16.5. The van der Waals surface area contributed by atoms with Crippen molar-refractivity contribution in [3.63, 3.8) is 0 Å². The highest BCUT2D eigenvalue weighted by Gasteiger charge is 2.33. The number of nitrogens with one attached hydrogen (secondary N) is 1. The van der Waals surface area contributed by atoms with E-state index >= 15 is 0 Å². The second kappa shape index (κ2) is 8.64. The molecular formula is C20H31N3O3. The van der Waals surface area contributed by atoms with Crippen LogP contribution < -0.4 is 11.1 Å². The lowest BCUT2D eigenvalue weighted by molar-refractivity contribution is -0.125. The van der Waals surface area contributed by atoms with E-state index in [1.54, 1.807) is 24.3 Å². The van der Waals surface area contributed by atoms with Crippen LogP contribution in [0.15, 0.2) is 24.3 Å². The van der Waals surface area contributed by atoms with Crippen LogP contribution in [0.25, 0.3) is 0 Å². The average molecular weight is 361 g/mol. The minimum absolute atomic E-state index is 0.0108. The van der Waals surface area contributed by atoms with E-state index < -0.39 is 5.41 Å². The molecule has 1 saturated heterocycles. The lowest BCUT2D eigenvalue weighted by Crippen LogP contribution is -2.48. The zero-order valence-corrected chi connectivity index (χ0v) is 16.2. The fourth-order valence-corrected chi connectivity index (χ4v) is 3.44. The molecule has 0 bridgehead atoms. The Morgan fingerprint density at radius 1 is 1.15 bits per heavy atom. The minimum atomic E-state index is -0.547. The summed E-state index contributed by atoms with van der Waals surface area (Å²) in [6.45, 7) is 9.39. The van der Waals surface area contributed by atoms with Crippen molar-refractivity contribution in [3.8, 4) is 0 Å². The van der Waals surface area contributed by atoms with Crippen LogP contribution in [0, 0.1) is 5.41 Å². The zero-order valence-electron chi connectivity index (χ0n) is 16.2. The van der Waals surface area contributed by atoms with Crippen LogP contribution in [-0.2, 0) is 9.53 Å². The molecule has 1 aliphatic rings. The second-order valence-corrected chi connectivity index (χ2v) is 7.19. The number of ether oxygens (including phenoxy) is 1. The van der Waals surface area contributed by atoms with E-state index in [0.717, 1.165) is 0 Å². The van der Waals surface area contributed by atoms with Gasteiger partial charge in [0.2, 0.25) is 5.91 Å². The number of nitrogens with two attached hydrogens (primary N) is 1. The largest absolute Gasteiger partial charge is 0.372 e. The van der Waals surface area contributed by atoms with Crippen LogP contribution in [0.3, 0.4) is 0 Å². The van der Waals surface area contributed by atoms with Gasteiger partial charge in [0.25, 0.3) is 5.91 Å². The molecular weight excluding hydrogens is 330 g/mol. The summed E-state index contributed by atoms with van der Waals surface area (Å²) in [7, 11) is 0. The summed E-state index contributed by atoms with van der Waals surface area (Å²) >= 11 is 0. The molecule has 2 unspecified atom stereocenters. The van der Waals surface area contributed by atoms with Gasteiger partial charge in [-0.3, -0.25) is 9.59 Å². The SMILES string of the molecule is CCC(CC)(CN)C(=O)Nc1ccc(C(=O)N2CC(C)OC(C)C2)cc1. The normalized spacial score (nSPS) is 20.7. The predicted molar refractivity (Wildman–Crippen MR) is 103 cm³/mol. The summed E-state index contributed by atoms with van der Waals surface area (Å²) in [5.74, 6) is -0.0804. The number of carbonyl (C=O) groups is 2. The highest BCUT2D eigenvalue weighted by molar-refractivity contribution is 5.97. The molecule has 0 radical (unpaired) electrons. The molecule has 2 amide bonds. The smallest absolute Gasteiger partial charge is 0.254 e. The maximum Gasteiger partial charge on any atom is 0.254 e. The molecule has 1 fully saturated rings. The molecule has 0 aromatic heterocycles. The van der Waals surface area contributed by atoms with Crippen molar-refractivity contribution in [2.75, 3.05) is 25.0 Å². The Morgan fingerprint density at radius 2 is 1.69 bits per heavy atom. The molecule has 0 spiro atoms. The minimum Gasteiger partial charge on any atom is -0.372 e. The summed E-state index contributed by atoms with van der Waals surface area (Å²) in [5.41, 5.74) is 6.57. The van der Waals surface area contributed by atoms with Crippen LogP contribution in [0.4, 0.5) is 5.69 Å². The maximum atomic E-state index is 12.7. The number of nitrogens with zero attached hydrogens (tertiary/aromatic N) is 1. The summed E-state index contributed by atoms with van der Waals surface area (Å²) in [4.78, 5) is 27.1. The van der Waals surface area contributed by atoms with Crippen LogP contribution >= 0.6 is 0 Å². The highest BCUT2D eigenvalue weighted by Crippen LogP contribution is 2.27. The molecule has 2 atom stereocenters. The van der Waals surface area contributed by atoms with Gasteiger partial charge in [-0.1, -0.05) is 13.8 Å². The summed E-state index contributed by atoms with van der Waals surface area (Å²) in [5, 5.41) is 2.93. The molecule has 1 aliphatic heterocycles. The Labute approximate surface area is 156 Å². The van der Waals surface area contributed by atoms with Crippen molar-refractivity contribution in [2.45, 2.75) is 52.7 Å². The quantitative estimate of drug-likeness (QED) is 0.816. The lowest BCUT2D eigenvalue weighted by atomic mass is 9.81. The Balaban J connectivity index is 2.06. The number of morpholine rings is 1. The fourth-order valence-electron chi connectivity index (χ4n) is 3.44. The van der Waals surface area contributed by atoms with E-state index in [1.807, 2.05) is 32.6 Å². The van der Waals surface area contributed by atoms with Crippen LogP contribution in [0.5, 0.6) is 0 Å². The standard InChI is InChI=1S/C20H31N3O3/c1-5-20(6-2,13-21)19(25)22-17-9-7-16(8-10-17)18(24)23-11-14(3)26-15(4)12-23/h7-10,14-15H,5-6,11-13,21H2,1-4H3,(H,22,25). The van der Waals surface area contributed by atoms with Gasteiger partial charge in [0.15, 0.2) is 0 Å². The van der Waals surface area contributed by atoms with Gasteiger partial charge in [-0.2, -0.15) is 0 Å². The van der Waals surface area contributed by atoms with Gasteiger partial charge in [0.05, 0.1) is 17.6 Å². The van der Waals surface area contributed by atoms with Gasteiger partial charge in [-0.05, 0) is 51.0 Å². The first-order valence-corrected chi connectivity index (χ1v) is 9.41. The van der Waals surface area contributed by atoms with Gasteiger partial charge >= 0.3 is 0 Å². The predicted octanol–water partition coefficient (Wildman–Crippen LogP) is 2.64. The first-order chi connectivity index (χ1) is 12.3. The molecule has 6 heteroatoms. The summed E-state index contributed by atoms with van der Waals surface area (Å²) < 4.78 is 5.68. The van der Waals surface area contributed by atoms with Crippen LogP contribution in [0.2, 0.25) is 0 Å². The first kappa shape index (κ1) is 20.4. The Bertz CT molecular complexity index is 607. The fraction of sp³-hybridized carbons (Fsp3) is 0.600. The number of anilines is 1. The Hall–Kier alpha value is -1.92. The van der Waals surface area contributed by atoms with Crippen molar-refractivity contribution in [3.05, 3.63) is 29.8 Å². The number of carbonyl (C=O) groups excluding carboxylic acids is 2. The third-order valence-electron chi connectivity index (χ3n) is 5.32. The van der Waals surface area contributed by atoms with Crippen molar-refractivity contribution in [1.29, 1.82) is 0 Å². The Kier molecular flexibility index (Phi) is 6.78. The van der Waals surface area contributed by atoms with E-state index in [1.165, 1.54) is 0 Å². The molecule has 144 valence electrons. The van der Waals surface area contributed by atoms with Crippen LogP contribution in [-0.4, -0.2) is 48.6 Å². The van der Waals surface area contributed by atoms with Gasteiger partial charge in [0.1, 0.15) is 0 Å². The number of benzene rings is 1. The van der Waals surface area contributed by atoms with E-state index in [4.69, 9.17) is 10.5 Å². The lowest BCUT2D eigenvalue weighted by Gasteiger charge is -2.35. The van der Waals surface area contributed by atoms with Crippen molar-refractivity contribution in [2.24, 2.45) is 11.1 Å². The van der Waals surface area contributed by atoms with Crippen molar-refractivity contribution in [1.82, 2.24) is 4.90 Å². The monoisotopic (exact) mass is 361 g/mol. The number of hydrogen-bond acceptors (Lipinski definition) is 4. The van der Waals surface area contributed by atoms with Gasteiger partial charge in [0, 0.05) is 30.9 Å². The van der Waals surface area contributed by atoms with E-state index in [-0.39, 0.29) is 24.0 Å². The zero-order chi connectivity index (χ0) is 19.3. The molecule has 1 aromatic rings. The summed E-state index contributed by atoms with van der Waals surface area (Å²) in [6, 6.07) is 7.05. The average Bonchev–Trinajstić information content (AvgIpc) is 2.63. The van der Waals surface area contributed by atoms with E-state index in [2.05, 4.69) is 5.32 Å². The molecule has 26 heavy (non-hydrogen) atoms. The molecule has 0 aliphatic carbocycles. The molecule has 1 heterocycles. The molecule has 1 aromatic carbocycles. The third-order valence-corrected chi connectivity index (χ3v) is 5.32. The van der Waals surface area contributed by atoms with Gasteiger partial charge < -0.3 is 20.7 Å².